The minimum absolute atomic E-state index is 0.0760. The Balaban J connectivity index is 1.89. The first-order chi connectivity index (χ1) is 15.2. The second-order valence-corrected chi connectivity index (χ2v) is 9.70. The number of ether oxygens (including phenoxy) is 1. The lowest BCUT2D eigenvalue weighted by Gasteiger charge is -2.27. The van der Waals surface area contributed by atoms with Gasteiger partial charge in [-0.2, -0.15) is 0 Å². The topological polar surface area (TPSA) is 66.9 Å². The van der Waals surface area contributed by atoms with E-state index in [0.29, 0.717) is 23.0 Å². The number of sulfonamides is 1. The van der Waals surface area contributed by atoms with Crippen LogP contribution in [-0.2, 0) is 21.4 Å². The van der Waals surface area contributed by atoms with Gasteiger partial charge in [-0.1, -0.05) is 41.4 Å². The lowest BCUT2D eigenvalue weighted by Crippen LogP contribution is -2.41. The van der Waals surface area contributed by atoms with Crippen LogP contribution in [0.25, 0.3) is 0 Å². The molecule has 0 N–H and O–H groups in total. The normalized spacial score (nSPS) is 11.1. The number of anilines is 1. The highest BCUT2D eigenvalue weighted by molar-refractivity contribution is 7.92. The van der Waals surface area contributed by atoms with E-state index in [4.69, 9.17) is 16.3 Å². The van der Waals surface area contributed by atoms with Gasteiger partial charge in [-0.05, 0) is 61.0 Å². The second-order valence-electron chi connectivity index (χ2n) is 7.40. The third kappa shape index (κ3) is 5.60. The van der Waals surface area contributed by atoms with Crippen LogP contribution in [0.4, 0.5) is 5.69 Å². The molecule has 0 unspecified atom stereocenters. The summed E-state index contributed by atoms with van der Waals surface area (Å²) in [5, 5.41) is 0.610. The predicted molar refractivity (Wildman–Crippen MR) is 127 cm³/mol. The van der Waals surface area contributed by atoms with Crippen molar-refractivity contribution in [3.05, 3.63) is 88.9 Å². The molecule has 0 aromatic heterocycles. The van der Waals surface area contributed by atoms with Gasteiger partial charge in [0.2, 0.25) is 5.91 Å². The van der Waals surface area contributed by atoms with E-state index in [9.17, 15) is 13.2 Å². The molecule has 0 aliphatic heterocycles. The summed E-state index contributed by atoms with van der Waals surface area (Å²) in [7, 11) is -0.832. The van der Waals surface area contributed by atoms with Crippen molar-refractivity contribution in [3.63, 3.8) is 0 Å². The Morgan fingerprint density at radius 2 is 1.53 bits per heavy atom. The Hall–Kier alpha value is -3.03. The van der Waals surface area contributed by atoms with Crippen molar-refractivity contribution in [1.29, 1.82) is 0 Å². The fourth-order valence-electron chi connectivity index (χ4n) is 3.10. The maximum absolute atomic E-state index is 13.5. The average molecular weight is 473 g/mol. The third-order valence-electron chi connectivity index (χ3n) is 5.01. The molecule has 0 bridgehead atoms. The molecule has 0 fully saturated rings. The van der Waals surface area contributed by atoms with E-state index in [0.717, 1.165) is 15.4 Å². The monoisotopic (exact) mass is 472 g/mol. The van der Waals surface area contributed by atoms with E-state index >= 15 is 0 Å². The van der Waals surface area contributed by atoms with Crippen molar-refractivity contribution in [2.75, 3.05) is 25.0 Å². The summed E-state index contributed by atoms with van der Waals surface area (Å²) < 4.78 is 33.2. The van der Waals surface area contributed by atoms with Crippen LogP contribution in [0.15, 0.2) is 77.7 Å². The van der Waals surface area contributed by atoms with Crippen molar-refractivity contribution in [2.24, 2.45) is 0 Å². The number of hydrogen-bond acceptors (Lipinski definition) is 4. The van der Waals surface area contributed by atoms with E-state index in [1.165, 1.54) is 24.1 Å². The number of halogens is 1. The maximum Gasteiger partial charge on any atom is 0.264 e. The van der Waals surface area contributed by atoms with Gasteiger partial charge in [0.1, 0.15) is 12.3 Å². The minimum Gasteiger partial charge on any atom is -0.497 e. The number of benzene rings is 3. The zero-order valence-corrected chi connectivity index (χ0v) is 19.7. The van der Waals surface area contributed by atoms with Crippen LogP contribution in [0.5, 0.6) is 5.75 Å². The van der Waals surface area contributed by atoms with Gasteiger partial charge in [0, 0.05) is 18.6 Å². The molecule has 0 aliphatic rings. The fourth-order valence-corrected chi connectivity index (χ4v) is 4.64. The molecule has 3 rings (SSSR count). The van der Waals surface area contributed by atoms with E-state index in [1.54, 1.807) is 43.4 Å². The van der Waals surface area contributed by atoms with Crippen molar-refractivity contribution in [3.8, 4) is 5.75 Å². The lowest BCUT2D eigenvalue weighted by atomic mass is 10.2. The Labute approximate surface area is 194 Å². The maximum atomic E-state index is 13.5. The molecule has 0 spiro atoms. The smallest absolute Gasteiger partial charge is 0.264 e. The summed E-state index contributed by atoms with van der Waals surface area (Å²) in [5.41, 5.74) is 2.30. The van der Waals surface area contributed by atoms with Gasteiger partial charge in [-0.25, -0.2) is 8.42 Å². The highest BCUT2D eigenvalue weighted by atomic mass is 35.5. The highest BCUT2D eigenvalue weighted by Crippen LogP contribution is 2.26. The summed E-state index contributed by atoms with van der Waals surface area (Å²) in [4.78, 5) is 14.6. The zero-order chi connectivity index (χ0) is 23.3. The summed E-state index contributed by atoms with van der Waals surface area (Å²) in [6, 6.07) is 20.3. The van der Waals surface area contributed by atoms with Crippen molar-refractivity contribution in [1.82, 2.24) is 4.90 Å². The molecule has 0 aliphatic carbocycles. The van der Waals surface area contributed by atoms with E-state index < -0.39 is 10.0 Å². The van der Waals surface area contributed by atoms with Crippen LogP contribution in [0, 0.1) is 6.92 Å². The van der Waals surface area contributed by atoms with Gasteiger partial charge in [0.05, 0.1) is 17.7 Å². The first-order valence-corrected chi connectivity index (χ1v) is 11.7. The molecule has 32 heavy (non-hydrogen) atoms. The Bertz CT molecular complexity index is 1160. The van der Waals surface area contributed by atoms with Gasteiger partial charge < -0.3 is 9.64 Å². The van der Waals surface area contributed by atoms with E-state index in [2.05, 4.69) is 0 Å². The lowest BCUT2D eigenvalue weighted by molar-refractivity contribution is -0.128. The van der Waals surface area contributed by atoms with Crippen molar-refractivity contribution >= 4 is 33.2 Å². The average Bonchev–Trinajstić information content (AvgIpc) is 2.79. The molecule has 0 atom stereocenters. The molecule has 0 saturated carbocycles. The number of rotatable bonds is 8. The number of nitrogens with zero attached hydrogens (tertiary/aromatic N) is 2. The van der Waals surface area contributed by atoms with E-state index in [-0.39, 0.29) is 17.3 Å². The van der Waals surface area contributed by atoms with Crippen LogP contribution < -0.4 is 9.04 Å². The first kappa shape index (κ1) is 23.6. The Kier molecular flexibility index (Phi) is 7.43. The summed E-state index contributed by atoms with van der Waals surface area (Å²) >= 11 is 5.92. The number of amides is 1. The second kappa shape index (κ2) is 10.1. The first-order valence-electron chi connectivity index (χ1n) is 9.92. The number of methoxy groups -OCH3 is 1. The molecular weight excluding hydrogens is 448 g/mol. The number of likely N-dealkylation sites (N-methyl/N-ethyl adjacent to an activating group) is 1. The summed E-state index contributed by atoms with van der Waals surface area (Å²) in [5.74, 6) is 0.210. The Morgan fingerprint density at radius 1 is 0.938 bits per heavy atom. The van der Waals surface area contributed by atoms with Crippen molar-refractivity contribution in [2.45, 2.75) is 18.4 Å². The van der Waals surface area contributed by atoms with Gasteiger partial charge in [0.25, 0.3) is 10.0 Å². The molecule has 0 saturated heterocycles. The molecular formula is C24H25ClN2O4S. The highest BCUT2D eigenvalue weighted by Gasteiger charge is 2.28. The van der Waals surface area contributed by atoms with Crippen LogP contribution in [-0.4, -0.2) is 39.9 Å². The summed E-state index contributed by atoms with van der Waals surface area (Å²) in [6.45, 7) is 1.92. The fraction of sp³-hybridized carbons (Fsp3) is 0.208. The largest absolute Gasteiger partial charge is 0.497 e. The molecule has 0 heterocycles. The zero-order valence-electron chi connectivity index (χ0n) is 18.2. The number of carbonyl (C=O) groups is 1. The number of aryl methyl sites for hydroxylation is 1. The quantitative estimate of drug-likeness (QED) is 0.483. The van der Waals surface area contributed by atoms with Crippen LogP contribution in [0.1, 0.15) is 11.1 Å². The number of hydrogen-bond donors (Lipinski definition) is 0. The van der Waals surface area contributed by atoms with Crippen molar-refractivity contribution < 1.29 is 17.9 Å². The van der Waals surface area contributed by atoms with Gasteiger partial charge in [0.15, 0.2) is 0 Å². The number of carbonyl (C=O) groups excluding carboxylic acids is 1. The minimum atomic E-state index is -3.99. The molecule has 1 amide bonds. The van der Waals surface area contributed by atoms with Crippen LogP contribution in [0.3, 0.4) is 0 Å². The molecule has 6 nitrogen and oxygen atoms in total. The van der Waals surface area contributed by atoms with E-state index in [1.807, 2.05) is 31.2 Å². The van der Waals surface area contributed by atoms with Gasteiger partial charge in [-0.15, -0.1) is 0 Å². The molecule has 8 heteroatoms. The van der Waals surface area contributed by atoms with Gasteiger partial charge in [-0.3, -0.25) is 9.10 Å². The third-order valence-corrected chi connectivity index (χ3v) is 7.05. The Morgan fingerprint density at radius 3 is 2.09 bits per heavy atom. The van der Waals surface area contributed by atoms with Crippen LogP contribution >= 0.6 is 11.6 Å². The van der Waals surface area contributed by atoms with Gasteiger partial charge >= 0.3 is 0 Å². The molecule has 3 aromatic rings. The van der Waals surface area contributed by atoms with Crippen LogP contribution in [0.2, 0.25) is 5.02 Å². The summed E-state index contributed by atoms with van der Waals surface area (Å²) in [6.07, 6.45) is 0. The predicted octanol–water partition coefficient (Wildman–Crippen LogP) is 4.51. The molecule has 0 radical (unpaired) electrons. The molecule has 168 valence electrons. The molecule has 3 aromatic carbocycles. The SMILES string of the molecule is COc1ccc(S(=O)(=O)N(CC(=O)N(C)Cc2ccc(Cl)cc2)c2ccc(C)cc2)cc1. The standard InChI is InChI=1S/C24H25ClN2O4S/c1-18-4-10-21(11-5-18)27(32(29,30)23-14-12-22(31-3)13-15-23)17-24(28)26(2)16-19-6-8-20(25)9-7-19/h4-15H,16-17H2,1-3H3.